The topological polar surface area (TPSA) is 46.5 Å². The molecule has 1 rings (SSSR count). The summed E-state index contributed by atoms with van der Waals surface area (Å²) < 4.78 is 6.54. The molecule has 1 aromatic carbocycles. The van der Waals surface area contributed by atoms with Crippen LogP contribution in [0.5, 0.6) is 5.75 Å². The lowest BCUT2D eigenvalue weighted by Crippen LogP contribution is -2.29. The third kappa shape index (κ3) is 3.68. The number of hydrogen-bond donors (Lipinski definition) is 1. The molecule has 0 unspecified atom stereocenters. The Morgan fingerprint density at radius 1 is 1.40 bits per heavy atom. The first-order valence-corrected chi connectivity index (χ1v) is 8.71. The molecule has 0 amide bonds. The van der Waals surface area contributed by atoms with Gasteiger partial charge >= 0.3 is 5.97 Å². The quantitative estimate of drug-likeness (QED) is 0.868. The molecule has 0 spiro atoms. The molecule has 1 aromatic rings. The number of carboxylic acid groups (broad SMARTS) is 1. The Morgan fingerprint density at radius 3 is 2.47 bits per heavy atom. The van der Waals surface area contributed by atoms with Crippen molar-refractivity contribution in [2.45, 2.75) is 19.6 Å². The maximum Gasteiger partial charge on any atom is 0.335 e. The fraction of sp³-hybridized carbons (Fsp3) is 0.300. The first kappa shape index (κ1) is 12.3. The number of carbonyl (C=O) groups is 1. The zero-order valence-corrected chi connectivity index (χ0v) is 11.5. The van der Waals surface area contributed by atoms with Gasteiger partial charge in [0.25, 0.3) is 0 Å². The second-order valence-electron chi connectivity index (χ2n) is 4.16. The van der Waals surface area contributed by atoms with Gasteiger partial charge in [0.15, 0.2) is 0 Å². The summed E-state index contributed by atoms with van der Waals surface area (Å²) in [6.07, 6.45) is 0. The smallest absolute Gasteiger partial charge is 0.335 e. The maximum absolute atomic E-state index is 10.8. The summed E-state index contributed by atoms with van der Waals surface area (Å²) in [7, 11) is -1.71. The van der Waals surface area contributed by atoms with E-state index >= 15 is 0 Å². The van der Waals surface area contributed by atoms with Gasteiger partial charge in [-0.1, -0.05) is 0 Å². The molecule has 15 heavy (non-hydrogen) atoms. The molecular weight excluding hydrogens is 276 g/mol. The average Bonchev–Trinajstić information content (AvgIpc) is 2.06. The van der Waals surface area contributed by atoms with E-state index in [0.717, 1.165) is 4.47 Å². The molecule has 0 aromatic heterocycles. The summed E-state index contributed by atoms with van der Waals surface area (Å²) in [6, 6.07) is 4.78. The summed E-state index contributed by atoms with van der Waals surface area (Å²) >= 11 is 3.34. The zero-order valence-electron chi connectivity index (χ0n) is 8.87. The van der Waals surface area contributed by atoms with Gasteiger partial charge in [-0.05, 0) is 53.8 Å². The predicted octanol–water partition coefficient (Wildman–Crippen LogP) is 3.36. The minimum absolute atomic E-state index is 0.242. The molecule has 0 heterocycles. The molecule has 0 atom stereocenters. The van der Waals surface area contributed by atoms with Crippen LogP contribution < -0.4 is 4.43 Å². The molecule has 0 aliphatic rings. The lowest BCUT2D eigenvalue weighted by Gasteiger charge is -2.20. The first-order chi connectivity index (χ1) is 6.79. The molecule has 82 valence electrons. The number of carboxylic acids is 1. The van der Waals surface area contributed by atoms with Crippen LogP contribution in [0.1, 0.15) is 10.4 Å². The van der Waals surface area contributed by atoms with Crippen LogP contribution in [0.15, 0.2) is 22.7 Å². The highest BCUT2D eigenvalue weighted by atomic mass is 79.9. The van der Waals surface area contributed by atoms with E-state index in [1.165, 1.54) is 0 Å². The van der Waals surface area contributed by atoms with Crippen molar-refractivity contribution in [1.82, 2.24) is 0 Å². The van der Waals surface area contributed by atoms with E-state index in [4.69, 9.17) is 9.53 Å². The van der Waals surface area contributed by atoms with Crippen molar-refractivity contribution >= 4 is 30.2 Å². The van der Waals surface area contributed by atoms with E-state index in [1.807, 2.05) is 19.6 Å². The van der Waals surface area contributed by atoms with Gasteiger partial charge in [-0.25, -0.2) is 4.79 Å². The van der Waals surface area contributed by atoms with E-state index in [9.17, 15) is 4.79 Å². The van der Waals surface area contributed by atoms with Gasteiger partial charge in [0.2, 0.25) is 8.32 Å². The van der Waals surface area contributed by atoms with Crippen LogP contribution >= 0.6 is 15.9 Å². The lowest BCUT2D eigenvalue weighted by atomic mass is 10.2. The Hall–Kier alpha value is -0.813. The number of benzene rings is 1. The van der Waals surface area contributed by atoms with Crippen LogP contribution in [0.2, 0.25) is 19.6 Å². The molecule has 1 N–H and O–H groups in total. The first-order valence-electron chi connectivity index (χ1n) is 4.51. The van der Waals surface area contributed by atoms with Gasteiger partial charge in [-0.15, -0.1) is 0 Å². The maximum atomic E-state index is 10.8. The highest BCUT2D eigenvalue weighted by Crippen LogP contribution is 2.28. The predicted molar refractivity (Wildman–Crippen MR) is 65.1 cm³/mol. The summed E-state index contributed by atoms with van der Waals surface area (Å²) in [6.45, 7) is 6.15. The molecule has 0 fully saturated rings. The van der Waals surface area contributed by atoms with Crippen LogP contribution in [0.3, 0.4) is 0 Å². The van der Waals surface area contributed by atoms with Crippen molar-refractivity contribution in [2.24, 2.45) is 0 Å². The Kier molecular flexibility index (Phi) is 3.57. The fourth-order valence-electron chi connectivity index (χ4n) is 1.04. The van der Waals surface area contributed by atoms with Crippen molar-refractivity contribution in [1.29, 1.82) is 0 Å². The van der Waals surface area contributed by atoms with Gasteiger partial charge in [0.1, 0.15) is 5.75 Å². The average molecular weight is 289 g/mol. The van der Waals surface area contributed by atoms with Gasteiger partial charge < -0.3 is 9.53 Å². The van der Waals surface area contributed by atoms with Crippen LogP contribution in [-0.2, 0) is 0 Å². The van der Waals surface area contributed by atoms with E-state index in [2.05, 4.69) is 15.9 Å². The highest BCUT2D eigenvalue weighted by Gasteiger charge is 2.18. The Bertz CT molecular complexity index is 385. The van der Waals surface area contributed by atoms with Gasteiger partial charge in [0, 0.05) is 0 Å². The fourth-order valence-corrected chi connectivity index (χ4v) is 2.35. The van der Waals surface area contributed by atoms with Crippen LogP contribution in [0.25, 0.3) is 0 Å². The second kappa shape index (κ2) is 4.36. The van der Waals surface area contributed by atoms with Gasteiger partial charge in [0.05, 0.1) is 10.0 Å². The molecule has 0 saturated heterocycles. The second-order valence-corrected chi connectivity index (χ2v) is 9.45. The summed E-state index contributed by atoms with van der Waals surface area (Å²) in [5, 5.41) is 8.84. The largest absolute Gasteiger partial charge is 0.544 e. The number of halogens is 1. The Morgan fingerprint density at radius 2 is 2.00 bits per heavy atom. The van der Waals surface area contributed by atoms with Crippen LogP contribution in [0, 0.1) is 0 Å². The van der Waals surface area contributed by atoms with Crippen molar-refractivity contribution in [2.75, 3.05) is 0 Å². The Balaban J connectivity index is 3.06. The molecule has 0 radical (unpaired) electrons. The van der Waals surface area contributed by atoms with E-state index in [-0.39, 0.29) is 5.56 Å². The van der Waals surface area contributed by atoms with Gasteiger partial charge in [-0.2, -0.15) is 0 Å². The molecular formula is C10H13BrO3Si. The van der Waals surface area contributed by atoms with Crippen molar-refractivity contribution in [3.05, 3.63) is 28.2 Å². The van der Waals surface area contributed by atoms with Crippen molar-refractivity contribution in [3.8, 4) is 5.75 Å². The molecule has 0 aliphatic heterocycles. The van der Waals surface area contributed by atoms with Gasteiger partial charge in [-0.3, -0.25) is 0 Å². The Labute approximate surface area is 98.3 Å². The molecule has 5 heteroatoms. The third-order valence-electron chi connectivity index (χ3n) is 1.59. The van der Waals surface area contributed by atoms with E-state index < -0.39 is 14.3 Å². The minimum Gasteiger partial charge on any atom is -0.544 e. The highest BCUT2D eigenvalue weighted by molar-refractivity contribution is 9.10. The monoisotopic (exact) mass is 288 g/mol. The molecule has 3 nitrogen and oxygen atoms in total. The number of hydrogen-bond acceptors (Lipinski definition) is 2. The lowest BCUT2D eigenvalue weighted by molar-refractivity contribution is 0.0696. The zero-order chi connectivity index (χ0) is 11.6. The summed E-state index contributed by atoms with van der Waals surface area (Å²) in [5.41, 5.74) is 0.242. The number of aromatic carboxylic acids is 1. The summed E-state index contributed by atoms with van der Waals surface area (Å²) in [5.74, 6) is -0.336. The third-order valence-corrected chi connectivity index (χ3v) is 3.08. The van der Waals surface area contributed by atoms with E-state index in [0.29, 0.717) is 5.75 Å². The molecule has 0 aliphatic carbocycles. The van der Waals surface area contributed by atoms with Crippen molar-refractivity contribution in [3.63, 3.8) is 0 Å². The van der Waals surface area contributed by atoms with Crippen molar-refractivity contribution < 1.29 is 14.3 Å². The standard InChI is InChI=1S/C10H13BrO3Si/c1-15(2,3)14-9-6-7(10(12)13)4-5-8(9)11/h4-6H,1-3H3,(H,12,13). The molecule has 0 saturated carbocycles. The van der Waals surface area contributed by atoms with Crippen LogP contribution in [0.4, 0.5) is 0 Å². The normalized spacial score (nSPS) is 11.2. The van der Waals surface area contributed by atoms with E-state index in [1.54, 1.807) is 18.2 Å². The minimum atomic E-state index is -1.71. The number of rotatable bonds is 3. The SMILES string of the molecule is C[Si](C)(C)Oc1cc(C(=O)O)ccc1Br. The summed E-state index contributed by atoms with van der Waals surface area (Å²) in [4.78, 5) is 10.8. The molecule has 0 bridgehead atoms. The van der Waals surface area contributed by atoms with Crippen LogP contribution in [-0.4, -0.2) is 19.4 Å².